The smallest absolute Gasteiger partial charge is 0.421 e. The first-order valence-electron chi connectivity index (χ1n) is 4.28. The number of amides is 1. The quantitative estimate of drug-likeness (QED) is 0.563. The second-order valence-corrected chi connectivity index (χ2v) is 5.24. The average Bonchev–Trinajstić information content (AvgIpc) is 2.31. The molecule has 1 saturated heterocycles. The van der Waals surface area contributed by atoms with Crippen molar-refractivity contribution in [3.05, 3.63) is 0 Å². The van der Waals surface area contributed by atoms with Gasteiger partial charge in [-0.15, -0.1) is 0 Å². The molecule has 0 spiro atoms. The largest absolute Gasteiger partial charge is 0.443 e. The van der Waals surface area contributed by atoms with Crippen molar-refractivity contribution in [3.8, 4) is 0 Å². The van der Waals surface area contributed by atoms with Gasteiger partial charge in [0.15, 0.2) is 0 Å². The third-order valence-electron chi connectivity index (χ3n) is 1.45. The van der Waals surface area contributed by atoms with E-state index in [2.05, 4.69) is 0 Å². The summed E-state index contributed by atoms with van der Waals surface area (Å²) in [6.07, 6.45) is -0.248. The summed E-state index contributed by atoms with van der Waals surface area (Å²) in [4.78, 5) is 11.5. The summed E-state index contributed by atoms with van der Waals surface area (Å²) >= 11 is 1.41. The average molecular weight is 204 g/mol. The zero-order valence-corrected chi connectivity index (χ0v) is 9.35. The third kappa shape index (κ3) is 3.44. The molecule has 0 unspecified atom stereocenters. The molecule has 0 N–H and O–H groups in total. The summed E-state index contributed by atoms with van der Waals surface area (Å²) in [5.41, 5.74) is -0.404. The fourth-order valence-corrected chi connectivity index (χ4v) is 1.69. The van der Waals surface area contributed by atoms with E-state index in [-0.39, 0.29) is 6.09 Å². The van der Waals surface area contributed by atoms with E-state index in [1.165, 1.54) is 12.1 Å². The van der Waals surface area contributed by atoms with E-state index in [4.69, 9.17) is 4.74 Å². The molecule has 0 bridgehead atoms. The lowest BCUT2D eigenvalue weighted by Gasteiger charge is -2.23. The van der Waals surface area contributed by atoms with Gasteiger partial charge in [0.2, 0.25) is 0 Å². The van der Waals surface area contributed by atoms with Gasteiger partial charge in [0.1, 0.15) is 5.60 Å². The molecule has 0 aliphatic carbocycles. The Kier molecular flexibility index (Phi) is 3.08. The third-order valence-corrected chi connectivity index (χ3v) is 2.44. The van der Waals surface area contributed by atoms with E-state index >= 15 is 0 Å². The van der Waals surface area contributed by atoms with E-state index in [1.54, 1.807) is 4.31 Å². The van der Waals surface area contributed by atoms with Crippen molar-refractivity contribution in [1.82, 2.24) is 8.61 Å². The maximum atomic E-state index is 11.5. The highest BCUT2D eigenvalue weighted by Gasteiger charge is 2.27. The predicted molar refractivity (Wildman–Crippen MR) is 53.2 cm³/mol. The highest BCUT2D eigenvalue weighted by molar-refractivity contribution is 7.95. The normalized spacial score (nSPS) is 19.2. The molecule has 0 radical (unpaired) electrons. The fourth-order valence-electron chi connectivity index (χ4n) is 0.919. The molecule has 1 aliphatic heterocycles. The number of hydrogen-bond acceptors (Lipinski definition) is 4. The standard InChI is InChI=1S/C8H16N2O2S/c1-8(2,3)12-7(11)10-6-5-9(4)13-10/h5-6H2,1-4H3. The lowest BCUT2D eigenvalue weighted by molar-refractivity contribution is 0.0416. The number of carbonyl (C=O) groups excluding carboxylic acids is 1. The van der Waals surface area contributed by atoms with Crippen molar-refractivity contribution in [1.29, 1.82) is 0 Å². The van der Waals surface area contributed by atoms with Crippen molar-refractivity contribution in [2.75, 3.05) is 20.1 Å². The van der Waals surface area contributed by atoms with Gasteiger partial charge in [0, 0.05) is 18.7 Å². The van der Waals surface area contributed by atoms with Crippen molar-refractivity contribution < 1.29 is 9.53 Å². The van der Waals surface area contributed by atoms with Crippen LogP contribution in [0.2, 0.25) is 0 Å². The van der Waals surface area contributed by atoms with Crippen LogP contribution in [0.1, 0.15) is 20.8 Å². The van der Waals surface area contributed by atoms with Gasteiger partial charge in [-0.05, 0) is 27.8 Å². The Morgan fingerprint density at radius 1 is 1.38 bits per heavy atom. The first-order valence-corrected chi connectivity index (χ1v) is 5.01. The molecule has 0 aromatic carbocycles. The van der Waals surface area contributed by atoms with Crippen LogP contribution in [0.4, 0.5) is 4.79 Å². The predicted octanol–water partition coefficient (Wildman–Crippen LogP) is 1.73. The number of nitrogens with zero attached hydrogens (tertiary/aromatic N) is 2. The van der Waals surface area contributed by atoms with Crippen molar-refractivity contribution in [2.45, 2.75) is 26.4 Å². The van der Waals surface area contributed by atoms with Crippen LogP contribution < -0.4 is 0 Å². The molecule has 1 amide bonds. The molecule has 0 atom stereocenters. The van der Waals surface area contributed by atoms with Crippen LogP contribution in [0, 0.1) is 0 Å². The van der Waals surface area contributed by atoms with Gasteiger partial charge in [-0.2, -0.15) is 0 Å². The molecule has 1 rings (SSSR count). The molecule has 5 heteroatoms. The minimum atomic E-state index is -0.404. The van der Waals surface area contributed by atoms with E-state index in [1.807, 2.05) is 32.1 Å². The summed E-state index contributed by atoms with van der Waals surface area (Å²) < 4.78 is 8.84. The monoisotopic (exact) mass is 204 g/mol. The maximum Gasteiger partial charge on any atom is 0.421 e. The van der Waals surface area contributed by atoms with Crippen LogP contribution in [0.25, 0.3) is 0 Å². The van der Waals surface area contributed by atoms with Gasteiger partial charge >= 0.3 is 6.09 Å². The molecular formula is C8H16N2O2S. The Bertz CT molecular complexity index is 203. The highest BCUT2D eigenvalue weighted by Crippen LogP contribution is 2.23. The number of ether oxygens (including phenoxy) is 1. The Morgan fingerprint density at radius 3 is 2.38 bits per heavy atom. The van der Waals surface area contributed by atoms with E-state index in [0.29, 0.717) is 0 Å². The van der Waals surface area contributed by atoms with E-state index in [0.717, 1.165) is 13.1 Å². The Hall–Kier alpha value is -0.420. The lowest BCUT2D eigenvalue weighted by Crippen LogP contribution is -2.31. The summed E-state index contributed by atoms with van der Waals surface area (Å²) in [5.74, 6) is 0. The van der Waals surface area contributed by atoms with E-state index in [9.17, 15) is 4.79 Å². The van der Waals surface area contributed by atoms with Crippen LogP contribution in [0.15, 0.2) is 0 Å². The van der Waals surface area contributed by atoms with Crippen molar-refractivity contribution in [2.24, 2.45) is 0 Å². The first-order chi connectivity index (χ1) is 5.88. The molecule has 76 valence electrons. The Labute approximate surface area is 83.5 Å². The summed E-state index contributed by atoms with van der Waals surface area (Å²) in [7, 11) is 1.95. The van der Waals surface area contributed by atoms with Gasteiger partial charge in [-0.1, -0.05) is 0 Å². The van der Waals surface area contributed by atoms with E-state index < -0.39 is 5.60 Å². The molecule has 1 aliphatic rings. The first kappa shape index (κ1) is 10.7. The number of carbonyl (C=O) groups is 1. The van der Waals surface area contributed by atoms with Crippen molar-refractivity contribution in [3.63, 3.8) is 0 Å². The number of hydrogen-bond donors (Lipinski definition) is 0. The van der Waals surface area contributed by atoms with Crippen LogP contribution in [-0.4, -0.2) is 40.4 Å². The molecule has 0 aromatic heterocycles. The van der Waals surface area contributed by atoms with Crippen molar-refractivity contribution >= 4 is 18.2 Å². The molecule has 13 heavy (non-hydrogen) atoms. The van der Waals surface area contributed by atoms with Crippen LogP contribution >= 0.6 is 12.1 Å². The molecule has 0 saturated carbocycles. The Balaban J connectivity index is 2.41. The van der Waals surface area contributed by atoms with Crippen LogP contribution in [0.5, 0.6) is 0 Å². The zero-order valence-electron chi connectivity index (χ0n) is 8.53. The zero-order chi connectivity index (χ0) is 10.1. The highest BCUT2D eigenvalue weighted by atomic mass is 32.2. The Morgan fingerprint density at radius 2 is 2.00 bits per heavy atom. The van der Waals surface area contributed by atoms with Gasteiger partial charge < -0.3 is 4.74 Å². The summed E-state index contributed by atoms with van der Waals surface area (Å²) in [6, 6.07) is 0. The molecule has 1 heterocycles. The summed E-state index contributed by atoms with van der Waals surface area (Å²) in [5, 5.41) is 0. The molecular weight excluding hydrogens is 188 g/mol. The van der Waals surface area contributed by atoms with Gasteiger partial charge in [-0.25, -0.2) is 13.4 Å². The van der Waals surface area contributed by atoms with Gasteiger partial charge in [-0.3, -0.25) is 0 Å². The topological polar surface area (TPSA) is 32.8 Å². The van der Waals surface area contributed by atoms with Crippen LogP contribution in [0.3, 0.4) is 0 Å². The number of rotatable bonds is 0. The molecule has 1 fully saturated rings. The molecule has 4 nitrogen and oxygen atoms in total. The molecule has 0 aromatic rings. The minimum Gasteiger partial charge on any atom is -0.443 e. The fraction of sp³-hybridized carbons (Fsp3) is 0.875. The van der Waals surface area contributed by atoms with Gasteiger partial charge in [0.25, 0.3) is 0 Å². The number of likely N-dealkylation sites (N-methyl/N-ethyl adjacent to an activating group) is 1. The lowest BCUT2D eigenvalue weighted by atomic mass is 10.2. The second kappa shape index (κ2) is 3.75. The van der Waals surface area contributed by atoms with Crippen LogP contribution in [-0.2, 0) is 4.74 Å². The second-order valence-electron chi connectivity index (χ2n) is 4.02. The SMILES string of the molecule is CN1CCN(C(=O)OC(C)(C)C)S1. The summed E-state index contributed by atoms with van der Waals surface area (Å²) in [6.45, 7) is 7.24. The maximum absolute atomic E-state index is 11.5. The van der Waals surface area contributed by atoms with Gasteiger partial charge in [0.05, 0.1) is 6.54 Å². The minimum absolute atomic E-state index is 0.248.